The number of pyridine rings is 2. The molecule has 0 aliphatic rings. The molecule has 4 aromatic heterocycles. The van der Waals surface area contributed by atoms with Crippen LogP contribution in [0.1, 0.15) is 122 Å². The summed E-state index contributed by atoms with van der Waals surface area (Å²) in [4.78, 5) is 21.3. The molecule has 0 fully saturated rings. The Morgan fingerprint density at radius 3 is 1.20 bits per heavy atom. The Morgan fingerprint density at radius 1 is 0.374 bits per heavy atom. The Kier molecular flexibility index (Phi) is 24.3. The molecule has 10 aromatic carbocycles. The minimum Gasteiger partial charge on any atom is -0.850 e. The SMILES string of the molecule is CC(C)(C)[O-].CC(C)c1cccc(C(C)C)c1-n1ccnc1-c1cccc(Br)c1.CC(C)c1cccc(C(C)C)c1-n1ccnc1-c1cccc(N(c2ccccc2)c2cccc(-c3nccc4ccccc34)c2)c1.[Na+].c1ccc(Nc2cccc(-c3nccc4ccccc34)c2)cc1. The first-order valence-electron chi connectivity index (χ1n) is 33.8. The van der Waals surface area contributed by atoms with Crippen LogP contribution in [-0.2, 0) is 0 Å². The van der Waals surface area contributed by atoms with E-state index < -0.39 is 5.60 Å². The van der Waals surface area contributed by atoms with E-state index in [0.29, 0.717) is 23.7 Å². The third-order valence-corrected chi connectivity index (χ3v) is 17.3. The van der Waals surface area contributed by atoms with Crippen molar-refractivity contribution >= 4 is 65.9 Å². The van der Waals surface area contributed by atoms with Crippen LogP contribution in [0.2, 0.25) is 0 Å². The summed E-state index contributed by atoms with van der Waals surface area (Å²) in [5, 5.41) is 18.2. The number of hydrogen-bond donors (Lipinski definition) is 1. The molecule has 0 amide bonds. The monoisotopic (exact) mass is 1370 g/mol. The summed E-state index contributed by atoms with van der Waals surface area (Å²) in [5.41, 5.74) is 18.8. The summed E-state index contributed by atoms with van der Waals surface area (Å²) < 4.78 is 5.59. The van der Waals surface area contributed by atoms with E-state index in [0.717, 1.165) is 83.6 Å². The van der Waals surface area contributed by atoms with Gasteiger partial charge in [-0.25, -0.2) is 9.97 Å². The molecule has 14 rings (SSSR count). The molecule has 0 saturated heterocycles. The number of nitrogens with one attached hydrogen (secondary N) is 1. The summed E-state index contributed by atoms with van der Waals surface area (Å²) in [7, 11) is 0. The summed E-state index contributed by atoms with van der Waals surface area (Å²) in [6.07, 6.45) is 11.7. The molecular weight excluding hydrogens is 1290 g/mol. The van der Waals surface area contributed by atoms with Crippen molar-refractivity contribution in [1.29, 1.82) is 0 Å². The molecule has 0 spiro atoms. The number of aromatic nitrogens is 6. The van der Waals surface area contributed by atoms with Gasteiger partial charge in [-0.1, -0.05) is 262 Å². The molecule has 14 aromatic rings. The van der Waals surface area contributed by atoms with Crippen LogP contribution in [0.3, 0.4) is 0 Å². The van der Waals surface area contributed by atoms with E-state index in [9.17, 15) is 5.11 Å². The Balaban J connectivity index is 0.000000168. The maximum absolute atomic E-state index is 10.1. The molecule has 0 radical (unpaired) electrons. The van der Waals surface area contributed by atoms with Crippen LogP contribution in [0.15, 0.2) is 296 Å². The summed E-state index contributed by atoms with van der Waals surface area (Å²) in [6, 6.07) is 89.0. The Labute approximate surface area is 615 Å². The first kappa shape index (κ1) is 72.2. The third kappa shape index (κ3) is 17.9. The number of halogens is 1. The second-order valence-electron chi connectivity index (χ2n) is 26.7. The first-order chi connectivity index (χ1) is 47.4. The summed E-state index contributed by atoms with van der Waals surface area (Å²) in [6.45, 7) is 22.9. The van der Waals surface area contributed by atoms with E-state index in [1.807, 2.05) is 55.1 Å². The van der Waals surface area contributed by atoms with E-state index in [-0.39, 0.29) is 29.6 Å². The predicted octanol–water partition coefficient (Wildman–Crippen LogP) is 20.8. The number of imidazole rings is 2. The van der Waals surface area contributed by atoms with Crippen molar-refractivity contribution in [3.05, 3.63) is 319 Å². The largest absolute Gasteiger partial charge is 1.00 e. The molecule has 492 valence electrons. The van der Waals surface area contributed by atoms with Crippen molar-refractivity contribution in [3.8, 4) is 56.7 Å². The van der Waals surface area contributed by atoms with Gasteiger partial charge in [-0.3, -0.25) is 19.1 Å². The van der Waals surface area contributed by atoms with E-state index in [1.165, 1.54) is 49.8 Å². The van der Waals surface area contributed by atoms with Gasteiger partial charge in [-0.15, -0.1) is 5.60 Å². The van der Waals surface area contributed by atoms with Crippen molar-refractivity contribution in [3.63, 3.8) is 0 Å². The van der Waals surface area contributed by atoms with Crippen molar-refractivity contribution < 1.29 is 34.7 Å². The Bertz CT molecular complexity index is 4890. The fourth-order valence-corrected chi connectivity index (χ4v) is 12.7. The standard InChI is InChI=1S/C42H38N4.C21H23BrN2.C21H16N2.C4H9O.Na/c1-29(2)37-21-12-22-38(30(3)4)41(37)45-26-25-44-42(45)33-15-11-19-36(28-33)46(34-16-6-5-7-17-34)35-18-10-14-32(27-35)40-39-20-9-8-13-31(39)23-24-43-40;1-14(2)18-9-6-10-19(15(3)4)20(18)24-12-11-23-21(24)16-7-5-8-17(22)13-16;1-2-9-18(10-3-1)23-19-11-6-8-17(15-19)21-20-12-5-4-7-16(20)13-14-22-21;1-4(2,3)5;/h5-30H,1-4H3;5-15H,1-4H3;1-15,23H;1-3H3;/q;;;-1;+1. The van der Waals surface area contributed by atoms with Gasteiger partial charge in [0, 0.05) is 103 Å². The number of para-hydroxylation sites is 4. The molecule has 99 heavy (non-hydrogen) atoms. The zero-order chi connectivity index (χ0) is 68.9. The van der Waals surface area contributed by atoms with Crippen molar-refractivity contribution in [1.82, 2.24) is 29.1 Å². The smallest absolute Gasteiger partial charge is 0.850 e. The number of fused-ring (bicyclic) bond motifs is 2. The van der Waals surface area contributed by atoms with Crippen molar-refractivity contribution in [2.45, 2.75) is 105 Å². The molecule has 4 heterocycles. The van der Waals surface area contributed by atoms with Crippen LogP contribution in [0, 0.1) is 0 Å². The predicted molar refractivity (Wildman–Crippen MR) is 414 cm³/mol. The van der Waals surface area contributed by atoms with Crippen LogP contribution >= 0.6 is 15.9 Å². The number of anilines is 5. The van der Waals surface area contributed by atoms with Crippen molar-refractivity contribution in [2.24, 2.45) is 0 Å². The van der Waals surface area contributed by atoms with Crippen LogP contribution in [0.25, 0.3) is 78.2 Å². The third-order valence-electron chi connectivity index (χ3n) is 16.8. The molecule has 0 bridgehead atoms. The number of nitrogens with zero attached hydrogens (tertiary/aromatic N) is 7. The second kappa shape index (κ2) is 33.4. The maximum atomic E-state index is 10.1. The second-order valence-corrected chi connectivity index (χ2v) is 27.6. The van der Waals surface area contributed by atoms with Crippen LogP contribution in [-0.4, -0.2) is 34.7 Å². The average molecular weight is 1370 g/mol. The topological polar surface area (TPSA) is 99.8 Å². The van der Waals surface area contributed by atoms with Gasteiger partial charge in [0.1, 0.15) is 11.6 Å². The minimum atomic E-state index is -0.750. The van der Waals surface area contributed by atoms with E-state index in [2.05, 4.69) is 337 Å². The molecule has 1 N–H and O–H groups in total. The molecule has 0 saturated carbocycles. The fraction of sp³-hybridized carbons (Fsp3) is 0.182. The van der Waals surface area contributed by atoms with Crippen molar-refractivity contribution in [2.75, 3.05) is 10.2 Å². The number of benzene rings is 10. The van der Waals surface area contributed by atoms with Gasteiger partial charge in [-0.2, -0.15) is 0 Å². The molecule has 0 aliphatic carbocycles. The van der Waals surface area contributed by atoms with E-state index >= 15 is 0 Å². The number of rotatable bonds is 15. The fourth-order valence-electron chi connectivity index (χ4n) is 12.3. The zero-order valence-electron chi connectivity index (χ0n) is 58.9. The van der Waals surface area contributed by atoms with Gasteiger partial charge in [0.05, 0.1) is 22.8 Å². The van der Waals surface area contributed by atoms with Gasteiger partial charge in [0.15, 0.2) is 0 Å². The van der Waals surface area contributed by atoms with Gasteiger partial charge < -0.3 is 15.3 Å². The molecule has 0 aliphatic heterocycles. The molecule has 9 nitrogen and oxygen atoms in total. The first-order valence-corrected chi connectivity index (χ1v) is 34.6. The van der Waals surface area contributed by atoms with E-state index in [1.54, 1.807) is 20.8 Å². The molecule has 0 atom stereocenters. The van der Waals surface area contributed by atoms with Gasteiger partial charge in [0.25, 0.3) is 0 Å². The maximum Gasteiger partial charge on any atom is 1.00 e. The Morgan fingerprint density at radius 2 is 0.737 bits per heavy atom. The summed E-state index contributed by atoms with van der Waals surface area (Å²) in [5.74, 6) is 3.58. The van der Waals surface area contributed by atoms with Gasteiger partial charge in [-0.05, 0) is 142 Å². The zero-order valence-corrected chi connectivity index (χ0v) is 62.5. The molecule has 11 heteroatoms. The van der Waals surface area contributed by atoms with Crippen LogP contribution in [0.4, 0.5) is 28.4 Å². The molecule has 0 unspecified atom stereocenters. The van der Waals surface area contributed by atoms with Gasteiger partial charge in [0.2, 0.25) is 0 Å². The summed E-state index contributed by atoms with van der Waals surface area (Å²) >= 11 is 3.57. The Hall–Kier alpha value is -9.52. The quantitative estimate of drug-likeness (QED) is 0.102. The van der Waals surface area contributed by atoms with Gasteiger partial charge >= 0.3 is 29.6 Å². The average Bonchev–Trinajstić information content (AvgIpc) is 1.78. The number of hydrogen-bond acceptors (Lipinski definition) is 7. The molecular formula is C88H86BrN8NaO. The normalized spacial score (nSPS) is 11.2. The minimum absolute atomic E-state index is 0. The van der Waals surface area contributed by atoms with E-state index in [4.69, 9.17) is 9.97 Å². The van der Waals surface area contributed by atoms with Crippen LogP contribution < -0.4 is 44.9 Å². The van der Waals surface area contributed by atoms with Crippen LogP contribution in [0.5, 0.6) is 0 Å².